The number of nitrogens with zero attached hydrogens (tertiary/aromatic N) is 1. The van der Waals surface area contributed by atoms with E-state index in [0.29, 0.717) is 27.4 Å². The summed E-state index contributed by atoms with van der Waals surface area (Å²) in [6.07, 6.45) is 0. The minimum absolute atomic E-state index is 0.0379. The highest BCUT2D eigenvalue weighted by Crippen LogP contribution is 2.42. The van der Waals surface area contributed by atoms with Crippen LogP contribution in [0, 0.1) is 0 Å². The molecule has 3 aromatic rings. The van der Waals surface area contributed by atoms with Gasteiger partial charge in [-0.05, 0) is 73.2 Å². The number of ketones is 1. The molecule has 8 heteroatoms. The van der Waals surface area contributed by atoms with E-state index in [2.05, 4.69) is 15.9 Å². The number of aliphatic hydroxyl groups is 1. The van der Waals surface area contributed by atoms with Crippen molar-refractivity contribution in [2.45, 2.75) is 13.0 Å². The lowest BCUT2D eigenvalue weighted by Crippen LogP contribution is -2.29. The zero-order valence-electron chi connectivity index (χ0n) is 18.0. The molecule has 3 aromatic carbocycles. The Morgan fingerprint density at radius 1 is 0.971 bits per heavy atom. The van der Waals surface area contributed by atoms with E-state index in [-0.39, 0.29) is 17.9 Å². The van der Waals surface area contributed by atoms with Gasteiger partial charge in [0.25, 0.3) is 11.7 Å². The summed E-state index contributed by atoms with van der Waals surface area (Å²) < 4.78 is 5.83. The van der Waals surface area contributed by atoms with Crippen LogP contribution in [-0.4, -0.2) is 29.4 Å². The predicted octanol–water partition coefficient (Wildman–Crippen LogP) is 5.91. The van der Waals surface area contributed by atoms with Gasteiger partial charge in [0.2, 0.25) is 0 Å². The van der Waals surface area contributed by atoms with Crippen molar-refractivity contribution in [3.63, 3.8) is 0 Å². The molecule has 0 radical (unpaired) electrons. The van der Waals surface area contributed by atoms with E-state index in [4.69, 9.17) is 16.3 Å². The lowest BCUT2D eigenvalue weighted by molar-refractivity contribution is -0.132. The van der Waals surface area contributed by atoms with Crippen LogP contribution in [0.15, 0.2) is 82.8 Å². The Kier molecular flexibility index (Phi) is 6.86. The minimum Gasteiger partial charge on any atom is -0.507 e. The fraction of sp³-hybridized carbons (Fsp3) is 0.115. The molecule has 4 rings (SSSR count). The van der Waals surface area contributed by atoms with E-state index < -0.39 is 23.7 Å². The van der Waals surface area contributed by atoms with Crippen LogP contribution in [0.25, 0.3) is 5.76 Å². The minimum atomic E-state index is -0.878. The summed E-state index contributed by atoms with van der Waals surface area (Å²) in [5.41, 5.74) is 1.68. The number of hydrogen-bond donors (Lipinski definition) is 1. The van der Waals surface area contributed by atoms with Crippen LogP contribution < -0.4 is 4.90 Å². The molecule has 1 saturated heterocycles. The van der Waals surface area contributed by atoms with Crippen molar-refractivity contribution in [2.75, 3.05) is 11.5 Å². The largest absolute Gasteiger partial charge is 0.507 e. The fourth-order valence-corrected chi connectivity index (χ4v) is 4.19. The Labute approximate surface area is 209 Å². The van der Waals surface area contributed by atoms with Crippen molar-refractivity contribution in [2.24, 2.45) is 0 Å². The number of anilines is 1. The highest BCUT2D eigenvalue weighted by Gasteiger charge is 2.47. The van der Waals surface area contributed by atoms with Gasteiger partial charge in [-0.15, -0.1) is 0 Å². The Bertz CT molecular complexity index is 1280. The van der Waals surface area contributed by atoms with Gasteiger partial charge in [0.05, 0.1) is 23.8 Å². The molecule has 0 aliphatic carbocycles. The van der Waals surface area contributed by atoms with Gasteiger partial charge in [-0.3, -0.25) is 14.5 Å². The molecule has 6 nitrogen and oxygen atoms in total. The van der Waals surface area contributed by atoms with Gasteiger partial charge in [-0.1, -0.05) is 39.7 Å². The molecule has 0 bridgehead atoms. The number of hydrogen-bond acceptors (Lipinski definition) is 5. The molecule has 1 heterocycles. The lowest BCUT2D eigenvalue weighted by Gasteiger charge is -2.25. The van der Waals surface area contributed by atoms with Crippen molar-refractivity contribution in [3.05, 3.63) is 105 Å². The molecular weight excluding hydrogens is 522 g/mol. The highest BCUT2D eigenvalue weighted by atomic mass is 79.9. The van der Waals surface area contributed by atoms with Gasteiger partial charge < -0.3 is 9.84 Å². The normalized spacial score (nSPS) is 17.1. The van der Waals surface area contributed by atoms with Gasteiger partial charge in [-0.25, -0.2) is 4.79 Å². The molecule has 0 spiro atoms. The molecule has 1 atom stereocenters. The number of esters is 1. The molecule has 1 fully saturated rings. The maximum atomic E-state index is 13.2. The van der Waals surface area contributed by atoms with Crippen LogP contribution in [0.1, 0.15) is 34.5 Å². The van der Waals surface area contributed by atoms with Gasteiger partial charge >= 0.3 is 5.97 Å². The summed E-state index contributed by atoms with van der Waals surface area (Å²) in [5.74, 6) is -2.38. The average Bonchev–Trinajstić information content (AvgIpc) is 3.10. The second-order valence-electron chi connectivity index (χ2n) is 7.49. The molecule has 0 aromatic heterocycles. The smallest absolute Gasteiger partial charge is 0.338 e. The summed E-state index contributed by atoms with van der Waals surface area (Å²) >= 11 is 9.36. The van der Waals surface area contributed by atoms with Crippen molar-refractivity contribution in [1.82, 2.24) is 0 Å². The zero-order valence-corrected chi connectivity index (χ0v) is 20.3. The van der Waals surface area contributed by atoms with Crippen molar-refractivity contribution < 1.29 is 24.2 Å². The van der Waals surface area contributed by atoms with Crippen molar-refractivity contribution >= 4 is 56.6 Å². The van der Waals surface area contributed by atoms with Crippen LogP contribution >= 0.6 is 27.5 Å². The van der Waals surface area contributed by atoms with E-state index in [9.17, 15) is 19.5 Å². The molecule has 1 N–H and O–H groups in total. The molecule has 1 amide bonds. The van der Waals surface area contributed by atoms with E-state index in [0.717, 1.165) is 4.47 Å². The lowest BCUT2D eigenvalue weighted by atomic mass is 9.95. The van der Waals surface area contributed by atoms with Gasteiger partial charge in [0.15, 0.2) is 0 Å². The SMILES string of the molecule is CCOC(=O)c1ccc(N2C(=O)C(=O)C(=C(O)c3ccc(Cl)cc3)[C@@H]2c2ccc(Br)cc2)cc1. The molecule has 0 unspecified atom stereocenters. The summed E-state index contributed by atoms with van der Waals surface area (Å²) in [4.78, 5) is 39.7. The molecular formula is C26H19BrClNO5. The Morgan fingerprint density at radius 2 is 1.56 bits per heavy atom. The van der Waals surface area contributed by atoms with E-state index in [1.807, 2.05) is 0 Å². The predicted molar refractivity (Wildman–Crippen MR) is 133 cm³/mol. The first-order valence-corrected chi connectivity index (χ1v) is 11.6. The van der Waals surface area contributed by atoms with Crippen LogP contribution in [0.3, 0.4) is 0 Å². The summed E-state index contributed by atoms with van der Waals surface area (Å²) in [7, 11) is 0. The first-order chi connectivity index (χ1) is 16.3. The van der Waals surface area contributed by atoms with Crippen LogP contribution in [-0.2, 0) is 14.3 Å². The van der Waals surface area contributed by atoms with Crippen LogP contribution in [0.2, 0.25) is 5.02 Å². The number of carbonyl (C=O) groups is 3. The molecule has 1 aliphatic heterocycles. The molecule has 0 saturated carbocycles. The van der Waals surface area contributed by atoms with Gasteiger partial charge in [0.1, 0.15) is 5.76 Å². The monoisotopic (exact) mass is 539 g/mol. The van der Waals surface area contributed by atoms with Crippen molar-refractivity contribution in [3.8, 4) is 0 Å². The number of rotatable bonds is 5. The molecule has 172 valence electrons. The standard InChI is InChI=1S/C26H19BrClNO5/c1-2-34-26(33)17-7-13-20(14-8-17)29-22(15-3-9-18(27)10-4-15)21(24(31)25(29)32)23(30)16-5-11-19(28)12-6-16/h3-14,22,30H,2H2,1H3/t22-/m0/s1. The maximum Gasteiger partial charge on any atom is 0.338 e. The summed E-state index contributed by atoms with van der Waals surface area (Å²) in [6.45, 7) is 1.95. The number of ether oxygens (including phenoxy) is 1. The number of aliphatic hydroxyl groups excluding tert-OH is 1. The number of carbonyl (C=O) groups excluding carboxylic acids is 3. The summed E-state index contributed by atoms with van der Waals surface area (Å²) in [5, 5.41) is 11.6. The van der Waals surface area contributed by atoms with E-state index in [1.54, 1.807) is 67.6 Å². The van der Waals surface area contributed by atoms with Gasteiger partial charge in [0, 0.05) is 20.7 Å². The zero-order chi connectivity index (χ0) is 24.4. The topological polar surface area (TPSA) is 83.9 Å². The first kappa shape index (κ1) is 23.7. The summed E-state index contributed by atoms with van der Waals surface area (Å²) in [6, 6.07) is 18.8. The van der Waals surface area contributed by atoms with Crippen molar-refractivity contribution in [1.29, 1.82) is 0 Å². The fourth-order valence-electron chi connectivity index (χ4n) is 3.80. The van der Waals surface area contributed by atoms with Crippen LogP contribution in [0.4, 0.5) is 5.69 Å². The highest BCUT2D eigenvalue weighted by molar-refractivity contribution is 9.10. The third-order valence-corrected chi connectivity index (χ3v) is 6.19. The average molecular weight is 541 g/mol. The van der Waals surface area contributed by atoms with E-state index >= 15 is 0 Å². The number of halogens is 2. The Morgan fingerprint density at radius 3 is 2.15 bits per heavy atom. The Balaban J connectivity index is 1.85. The van der Waals surface area contributed by atoms with E-state index in [1.165, 1.54) is 17.0 Å². The second kappa shape index (κ2) is 9.83. The molecule has 1 aliphatic rings. The molecule has 34 heavy (non-hydrogen) atoms. The first-order valence-electron chi connectivity index (χ1n) is 10.4. The maximum absolute atomic E-state index is 13.2. The van der Waals surface area contributed by atoms with Crippen LogP contribution in [0.5, 0.6) is 0 Å². The number of Topliss-reactive ketones (excluding diaryl/α,β-unsaturated/α-hetero) is 1. The quantitative estimate of drug-likeness (QED) is 0.188. The Hall–Kier alpha value is -3.42. The second-order valence-corrected chi connectivity index (χ2v) is 8.85. The number of benzene rings is 3. The number of amides is 1. The third kappa shape index (κ3) is 4.49. The third-order valence-electron chi connectivity index (χ3n) is 5.40. The van der Waals surface area contributed by atoms with Gasteiger partial charge in [-0.2, -0.15) is 0 Å².